The molecule has 4 saturated heterocycles. The summed E-state index contributed by atoms with van der Waals surface area (Å²) in [5.41, 5.74) is 5.77. The van der Waals surface area contributed by atoms with Crippen LogP contribution < -0.4 is 0 Å². The molecule has 0 unspecified atom stereocenters. The Morgan fingerprint density at radius 1 is 0.654 bits per heavy atom. The van der Waals surface area contributed by atoms with E-state index in [-0.39, 0.29) is 35.5 Å². The van der Waals surface area contributed by atoms with Crippen molar-refractivity contribution in [3.05, 3.63) is 61.0 Å². The Bertz CT molecular complexity index is 2070. The lowest BCUT2D eigenvalue weighted by Crippen LogP contribution is -2.45. The highest BCUT2D eigenvalue weighted by Crippen LogP contribution is 2.35. The highest BCUT2D eigenvalue weighted by molar-refractivity contribution is 5.80. The van der Waals surface area contributed by atoms with Gasteiger partial charge in [-0.15, -0.1) is 0 Å². The van der Waals surface area contributed by atoms with E-state index in [0.29, 0.717) is 38.3 Å². The van der Waals surface area contributed by atoms with Crippen molar-refractivity contribution in [2.24, 2.45) is 23.7 Å². The number of hydrogen-bond acceptors (Lipinski definition) is 8. The number of rotatable bonds is 4. The minimum Gasteiger partial charge on any atom is -0.381 e. The first-order valence-electron chi connectivity index (χ1n) is 18.8. The van der Waals surface area contributed by atoms with Gasteiger partial charge in [0.2, 0.25) is 11.8 Å². The SMILES string of the molecule is C[C@@H]1CCN(C(=O)[C@@H]2CCOC2)C[C@@H]1c1ncc2cnc3[nH]ccc3n12.C[C@@H]1CCN(C(=O)[C@H]2CCOC2)C[C@@H]1c1ncc2cnc3[nH]ccc3n12. The topological polar surface area (TPSA) is 151 Å². The Morgan fingerprint density at radius 2 is 1.10 bits per heavy atom. The van der Waals surface area contributed by atoms with E-state index in [2.05, 4.69) is 42.6 Å². The zero-order valence-electron chi connectivity index (χ0n) is 29.8. The minimum atomic E-state index is 0.0293. The second-order valence-corrected chi connectivity index (χ2v) is 15.1. The van der Waals surface area contributed by atoms with Crippen LogP contribution in [0.5, 0.6) is 0 Å². The van der Waals surface area contributed by atoms with Crippen LogP contribution in [0.2, 0.25) is 0 Å². The fourth-order valence-corrected chi connectivity index (χ4v) is 8.71. The van der Waals surface area contributed by atoms with Gasteiger partial charge in [0.15, 0.2) is 11.3 Å². The summed E-state index contributed by atoms with van der Waals surface area (Å²) in [5, 5.41) is 0. The van der Waals surface area contributed by atoms with Crippen LogP contribution in [0.25, 0.3) is 33.4 Å². The zero-order valence-corrected chi connectivity index (χ0v) is 29.8. The Morgan fingerprint density at radius 3 is 1.52 bits per heavy atom. The second-order valence-electron chi connectivity index (χ2n) is 15.1. The number of H-pyrrole nitrogens is 2. The molecule has 10 rings (SSSR count). The van der Waals surface area contributed by atoms with E-state index in [4.69, 9.17) is 19.4 Å². The Kier molecular flexibility index (Phi) is 8.66. The van der Waals surface area contributed by atoms with E-state index in [1.165, 1.54) is 0 Å². The lowest BCUT2D eigenvalue weighted by atomic mass is 9.85. The standard InChI is InChI=1S/2C19H23N5O2/c2*1-12-3-6-23(19(25)13-4-7-26-11-13)10-15(12)18-22-9-14-8-21-17-16(24(14)18)2-5-20-17/h2*2,5,8-9,12-13,15,20H,3-4,6-7,10-11H2,1H3/t12-,13+,15+;12-,13-,15+/m11/s1. The summed E-state index contributed by atoms with van der Waals surface area (Å²) in [6.07, 6.45) is 15.0. The number of aromatic nitrogens is 8. The molecule has 2 N–H and O–H groups in total. The number of carbonyl (C=O) groups is 2. The van der Waals surface area contributed by atoms with Crippen molar-refractivity contribution in [3.8, 4) is 0 Å². The molecule has 52 heavy (non-hydrogen) atoms. The molecular weight excluding hydrogens is 660 g/mol. The van der Waals surface area contributed by atoms with Gasteiger partial charge in [-0.2, -0.15) is 0 Å². The number of aromatic amines is 2. The summed E-state index contributed by atoms with van der Waals surface area (Å²) in [6, 6.07) is 4.07. The van der Waals surface area contributed by atoms with Crippen LogP contribution >= 0.6 is 0 Å². The van der Waals surface area contributed by atoms with Gasteiger partial charge in [0, 0.05) is 63.6 Å². The Balaban J connectivity index is 0.000000138. The van der Waals surface area contributed by atoms with E-state index < -0.39 is 0 Å². The molecular formula is C38H46N10O4. The molecule has 272 valence electrons. The molecule has 0 radical (unpaired) electrons. The summed E-state index contributed by atoms with van der Waals surface area (Å²) >= 11 is 0. The first kappa shape index (κ1) is 33.0. The summed E-state index contributed by atoms with van der Waals surface area (Å²) in [7, 11) is 0. The number of nitrogens with zero attached hydrogens (tertiary/aromatic N) is 8. The molecule has 6 aromatic heterocycles. The summed E-state index contributed by atoms with van der Waals surface area (Å²) in [4.78, 5) is 54.5. The van der Waals surface area contributed by atoms with Gasteiger partial charge in [-0.3, -0.25) is 18.4 Å². The number of amides is 2. The van der Waals surface area contributed by atoms with Crippen molar-refractivity contribution in [3.63, 3.8) is 0 Å². The molecule has 4 aliphatic rings. The molecule has 14 nitrogen and oxygen atoms in total. The maximum absolute atomic E-state index is 12.9. The van der Waals surface area contributed by atoms with Gasteiger partial charge in [-0.05, 0) is 49.7 Å². The van der Waals surface area contributed by atoms with Crippen LogP contribution in [0, 0.1) is 23.7 Å². The van der Waals surface area contributed by atoms with Gasteiger partial charge in [-0.1, -0.05) is 13.8 Å². The lowest BCUT2D eigenvalue weighted by molar-refractivity contribution is -0.138. The smallest absolute Gasteiger partial charge is 0.228 e. The summed E-state index contributed by atoms with van der Waals surface area (Å²) < 4.78 is 15.2. The molecule has 10 heterocycles. The van der Waals surface area contributed by atoms with Gasteiger partial charge in [0.1, 0.15) is 11.6 Å². The van der Waals surface area contributed by atoms with Crippen molar-refractivity contribution in [1.29, 1.82) is 0 Å². The van der Waals surface area contributed by atoms with Crippen LogP contribution in [0.3, 0.4) is 0 Å². The van der Waals surface area contributed by atoms with Crippen LogP contribution in [0.1, 0.15) is 63.0 Å². The number of hydrogen-bond donors (Lipinski definition) is 2. The number of imidazole rings is 2. The predicted molar refractivity (Wildman–Crippen MR) is 194 cm³/mol. The fraction of sp³-hybridized carbons (Fsp3) is 0.526. The van der Waals surface area contributed by atoms with Crippen LogP contribution in [-0.4, -0.2) is 113 Å². The summed E-state index contributed by atoms with van der Waals surface area (Å²) in [6.45, 7) is 10.2. The molecule has 0 spiro atoms. The van der Waals surface area contributed by atoms with Crippen molar-refractivity contribution in [1.82, 2.24) is 48.5 Å². The molecule has 2 amide bonds. The van der Waals surface area contributed by atoms with Crippen LogP contribution in [-0.2, 0) is 19.1 Å². The normalized spacial score (nSPS) is 26.8. The van der Waals surface area contributed by atoms with Crippen molar-refractivity contribution in [2.45, 2.75) is 51.4 Å². The number of nitrogens with one attached hydrogen (secondary N) is 2. The van der Waals surface area contributed by atoms with E-state index in [0.717, 1.165) is 96.9 Å². The lowest BCUT2D eigenvalue weighted by Gasteiger charge is -2.37. The van der Waals surface area contributed by atoms with E-state index in [9.17, 15) is 9.59 Å². The molecule has 4 aliphatic heterocycles. The van der Waals surface area contributed by atoms with Gasteiger partial charge in [-0.25, -0.2) is 19.9 Å². The van der Waals surface area contributed by atoms with Crippen LogP contribution in [0.4, 0.5) is 0 Å². The number of fused-ring (bicyclic) bond motifs is 6. The highest BCUT2D eigenvalue weighted by Gasteiger charge is 2.37. The van der Waals surface area contributed by atoms with Gasteiger partial charge in [0.05, 0.1) is 71.9 Å². The monoisotopic (exact) mass is 706 g/mol. The molecule has 0 aliphatic carbocycles. The molecule has 0 saturated carbocycles. The summed E-state index contributed by atoms with van der Waals surface area (Å²) in [5.74, 6) is 4.00. The number of likely N-dealkylation sites (tertiary alicyclic amines) is 2. The van der Waals surface area contributed by atoms with Crippen molar-refractivity contribution >= 4 is 45.2 Å². The average Bonchev–Trinajstić information content (AvgIpc) is 4.02. The maximum atomic E-state index is 12.9. The maximum Gasteiger partial charge on any atom is 0.228 e. The fourth-order valence-electron chi connectivity index (χ4n) is 8.71. The number of piperidine rings is 2. The van der Waals surface area contributed by atoms with E-state index in [1.54, 1.807) is 0 Å². The molecule has 4 fully saturated rings. The van der Waals surface area contributed by atoms with E-state index in [1.807, 2.05) is 59.1 Å². The third-order valence-electron chi connectivity index (χ3n) is 11.9. The van der Waals surface area contributed by atoms with Crippen molar-refractivity contribution in [2.75, 3.05) is 52.6 Å². The molecule has 14 heteroatoms. The van der Waals surface area contributed by atoms with Crippen molar-refractivity contribution < 1.29 is 19.1 Å². The van der Waals surface area contributed by atoms with Crippen LogP contribution in [0.15, 0.2) is 49.3 Å². The van der Waals surface area contributed by atoms with Gasteiger partial charge in [0.25, 0.3) is 0 Å². The van der Waals surface area contributed by atoms with E-state index >= 15 is 0 Å². The quantitative estimate of drug-likeness (QED) is 0.274. The third kappa shape index (κ3) is 5.81. The molecule has 0 aromatic carbocycles. The molecule has 6 aromatic rings. The average molecular weight is 707 g/mol. The predicted octanol–water partition coefficient (Wildman–Crippen LogP) is 4.40. The molecule has 0 bridgehead atoms. The van der Waals surface area contributed by atoms with Gasteiger partial charge >= 0.3 is 0 Å². The second kappa shape index (κ2) is 13.6. The van der Waals surface area contributed by atoms with Gasteiger partial charge < -0.3 is 29.2 Å². The third-order valence-corrected chi connectivity index (χ3v) is 11.9. The first-order valence-corrected chi connectivity index (χ1v) is 18.8. The number of ether oxygens (including phenoxy) is 2. The zero-order chi connectivity index (χ0) is 35.3. The Hall–Kier alpha value is -4.82. The largest absolute Gasteiger partial charge is 0.381 e. The Labute approximate surface area is 300 Å². The minimum absolute atomic E-state index is 0.0293. The molecule has 6 atom stereocenters. The first-order chi connectivity index (χ1) is 25.4. The number of carbonyl (C=O) groups excluding carboxylic acids is 2. The highest BCUT2D eigenvalue weighted by atomic mass is 16.5.